The van der Waals surface area contributed by atoms with Gasteiger partial charge in [-0.15, -0.1) is 0 Å². The number of nitrogens with one attached hydrogen (secondary N) is 4. The average Bonchev–Trinajstić information content (AvgIpc) is 3.38. The Kier molecular flexibility index (Phi) is 13.0. The highest BCUT2D eigenvalue weighted by Crippen LogP contribution is 2.25. The van der Waals surface area contributed by atoms with Crippen LogP contribution < -0.4 is 32.7 Å². The summed E-state index contributed by atoms with van der Waals surface area (Å²) in [5, 5.41) is 11.4. The number of hydrogen-bond donors (Lipinski definition) is 6. The van der Waals surface area contributed by atoms with E-state index in [1.807, 2.05) is 31.2 Å². The summed E-state index contributed by atoms with van der Waals surface area (Å²) < 4.78 is 5.64. The number of carbonyl (C=O) groups is 4. The van der Waals surface area contributed by atoms with E-state index in [1.165, 1.54) is 0 Å². The molecule has 5 atom stereocenters. The monoisotopic (exact) mass is 533 g/mol. The zero-order chi connectivity index (χ0) is 28.1. The van der Waals surface area contributed by atoms with Crippen LogP contribution in [0.1, 0.15) is 38.2 Å². The van der Waals surface area contributed by atoms with Crippen molar-refractivity contribution in [3.63, 3.8) is 0 Å². The maximum atomic E-state index is 13.0. The minimum absolute atomic E-state index is 0.119. The number of rotatable bonds is 16. The lowest BCUT2D eigenvalue weighted by Gasteiger charge is -2.32. The maximum Gasteiger partial charge on any atom is 0.312 e. The number of nitrogens with two attached hydrogens (primary N) is 2. The van der Waals surface area contributed by atoms with Crippen LogP contribution >= 0.6 is 0 Å². The van der Waals surface area contributed by atoms with Crippen LogP contribution in [0.5, 0.6) is 0 Å². The van der Waals surface area contributed by atoms with E-state index in [-0.39, 0.29) is 30.4 Å². The van der Waals surface area contributed by atoms with Crippen molar-refractivity contribution in [3.8, 4) is 0 Å². The molecular weight excluding hydrogens is 490 g/mol. The minimum atomic E-state index is -0.587. The third-order valence-electron chi connectivity index (χ3n) is 7.00. The van der Waals surface area contributed by atoms with Crippen LogP contribution in [0.4, 0.5) is 10.5 Å². The summed E-state index contributed by atoms with van der Waals surface area (Å²) in [5.41, 5.74) is 12.6. The summed E-state index contributed by atoms with van der Waals surface area (Å²) in [5.74, 6) is -0.800. The highest BCUT2D eigenvalue weighted by atomic mass is 16.5. The van der Waals surface area contributed by atoms with Gasteiger partial charge < -0.3 is 42.4 Å². The Balaban J connectivity index is 1.89. The number of nitrogens with zero attached hydrogens (tertiary/aromatic N) is 1. The number of methoxy groups -OCH3 is 1. The summed E-state index contributed by atoms with van der Waals surface area (Å²) in [6.45, 7) is 3.14. The predicted molar refractivity (Wildman–Crippen MR) is 145 cm³/mol. The van der Waals surface area contributed by atoms with Gasteiger partial charge in [0.1, 0.15) is 0 Å². The number of ether oxygens (including phenoxy) is 1. The Morgan fingerprint density at radius 1 is 1.21 bits per heavy atom. The molecule has 0 aliphatic carbocycles. The molecule has 1 aromatic rings. The van der Waals surface area contributed by atoms with Crippen molar-refractivity contribution >= 4 is 29.9 Å². The van der Waals surface area contributed by atoms with Gasteiger partial charge in [0.25, 0.3) is 0 Å². The number of hydrogen-bond acceptors (Lipinski definition) is 7. The molecule has 5 amide bonds. The van der Waals surface area contributed by atoms with Crippen molar-refractivity contribution in [1.29, 1.82) is 0 Å². The maximum absolute atomic E-state index is 13.0. The SMILES string of the molecule is CN[C@@H](CCCNC(N)=O)C(=O)Nc1ccc(CC(CN)NC(=O)C(C)C(OC)C2CCCN2C=O)cc1. The number of benzene rings is 1. The minimum Gasteiger partial charge on any atom is -0.378 e. The second-order valence-corrected chi connectivity index (χ2v) is 9.65. The summed E-state index contributed by atoms with van der Waals surface area (Å²) in [6.07, 6.45) is 3.79. The van der Waals surface area contributed by atoms with Crippen molar-refractivity contribution in [2.24, 2.45) is 17.4 Å². The number of urea groups is 1. The van der Waals surface area contributed by atoms with Crippen molar-refractivity contribution < 1.29 is 23.9 Å². The molecule has 1 heterocycles. The molecule has 212 valence electrons. The van der Waals surface area contributed by atoms with E-state index < -0.39 is 24.1 Å². The van der Waals surface area contributed by atoms with Gasteiger partial charge >= 0.3 is 6.03 Å². The Labute approximate surface area is 224 Å². The molecule has 1 aliphatic rings. The highest BCUT2D eigenvalue weighted by molar-refractivity contribution is 5.94. The fourth-order valence-corrected chi connectivity index (χ4v) is 4.83. The molecule has 0 bridgehead atoms. The lowest BCUT2D eigenvalue weighted by Crippen LogP contribution is -2.51. The van der Waals surface area contributed by atoms with Gasteiger partial charge in [-0.25, -0.2) is 4.79 Å². The molecule has 1 aromatic carbocycles. The van der Waals surface area contributed by atoms with Gasteiger partial charge in [-0.05, 0) is 56.8 Å². The largest absolute Gasteiger partial charge is 0.378 e. The first kappa shape index (κ1) is 31.0. The number of carbonyl (C=O) groups excluding carboxylic acids is 4. The van der Waals surface area contributed by atoms with E-state index in [0.29, 0.717) is 38.0 Å². The molecule has 12 heteroatoms. The lowest BCUT2D eigenvalue weighted by atomic mass is 9.94. The predicted octanol–water partition coefficient (Wildman–Crippen LogP) is -0.0805. The van der Waals surface area contributed by atoms with Gasteiger partial charge in [0, 0.05) is 38.5 Å². The van der Waals surface area contributed by atoms with Crippen LogP contribution in [-0.2, 0) is 25.5 Å². The molecule has 0 radical (unpaired) electrons. The van der Waals surface area contributed by atoms with Crippen LogP contribution in [0.25, 0.3) is 0 Å². The summed E-state index contributed by atoms with van der Waals surface area (Å²) in [6, 6.07) is 5.98. The number of primary amides is 1. The zero-order valence-electron chi connectivity index (χ0n) is 22.6. The van der Waals surface area contributed by atoms with Crippen LogP contribution in [-0.4, -0.2) is 87.2 Å². The summed E-state index contributed by atoms with van der Waals surface area (Å²) in [7, 11) is 3.27. The molecule has 0 aromatic heterocycles. The van der Waals surface area contributed by atoms with E-state index in [2.05, 4.69) is 21.3 Å². The fourth-order valence-electron chi connectivity index (χ4n) is 4.83. The van der Waals surface area contributed by atoms with Crippen molar-refractivity contribution in [2.75, 3.05) is 39.1 Å². The quantitative estimate of drug-likeness (QED) is 0.127. The lowest BCUT2D eigenvalue weighted by molar-refractivity contribution is -0.134. The smallest absolute Gasteiger partial charge is 0.312 e. The number of anilines is 1. The van der Waals surface area contributed by atoms with Crippen LogP contribution in [0.3, 0.4) is 0 Å². The van der Waals surface area contributed by atoms with Gasteiger partial charge in [0.2, 0.25) is 18.2 Å². The molecule has 1 fully saturated rings. The topological polar surface area (TPSA) is 181 Å². The molecule has 0 spiro atoms. The Hall–Kier alpha value is -3.22. The Morgan fingerprint density at radius 3 is 2.50 bits per heavy atom. The van der Waals surface area contributed by atoms with Crippen LogP contribution in [0.2, 0.25) is 0 Å². The third-order valence-corrected chi connectivity index (χ3v) is 7.00. The van der Waals surface area contributed by atoms with Gasteiger partial charge in [0.05, 0.1) is 24.1 Å². The average molecular weight is 534 g/mol. The standard InChI is InChI=1S/C26H43N7O5/c1-17(23(38-3)22-7-5-13-33(22)16-34)24(35)32-20(15-27)14-18-8-10-19(11-9-18)31-25(36)21(29-2)6-4-12-30-26(28)37/h8-11,16-17,20-23,29H,4-7,12-15,27H2,1-3H3,(H,31,36)(H,32,35)(H3,28,30,37)/t17?,20?,21-,22?,23?/m0/s1. The van der Waals surface area contributed by atoms with Crippen molar-refractivity contribution in [2.45, 2.75) is 63.3 Å². The highest BCUT2D eigenvalue weighted by Gasteiger charge is 2.37. The second-order valence-electron chi connectivity index (χ2n) is 9.65. The second kappa shape index (κ2) is 15.9. The first-order valence-corrected chi connectivity index (χ1v) is 13.1. The molecule has 1 saturated heterocycles. The van der Waals surface area contributed by atoms with E-state index in [4.69, 9.17) is 16.2 Å². The Bertz CT molecular complexity index is 914. The van der Waals surface area contributed by atoms with Gasteiger partial charge in [0.15, 0.2) is 0 Å². The first-order valence-electron chi connectivity index (χ1n) is 13.1. The van der Waals surface area contributed by atoms with Crippen LogP contribution in [0.15, 0.2) is 24.3 Å². The van der Waals surface area contributed by atoms with E-state index >= 15 is 0 Å². The van der Waals surface area contributed by atoms with Crippen molar-refractivity contribution in [3.05, 3.63) is 29.8 Å². The summed E-state index contributed by atoms with van der Waals surface area (Å²) >= 11 is 0. The van der Waals surface area contributed by atoms with Gasteiger partial charge in [-0.3, -0.25) is 14.4 Å². The number of amides is 5. The Morgan fingerprint density at radius 2 is 1.92 bits per heavy atom. The van der Waals surface area contributed by atoms with Gasteiger partial charge in [-0.2, -0.15) is 0 Å². The molecule has 1 aliphatic heterocycles. The molecule has 4 unspecified atom stereocenters. The zero-order valence-corrected chi connectivity index (χ0v) is 22.6. The molecule has 2 rings (SSSR count). The van der Waals surface area contributed by atoms with E-state index in [9.17, 15) is 19.2 Å². The molecule has 8 N–H and O–H groups in total. The van der Waals surface area contributed by atoms with Gasteiger partial charge in [-0.1, -0.05) is 19.1 Å². The molecule has 0 saturated carbocycles. The summed E-state index contributed by atoms with van der Waals surface area (Å²) in [4.78, 5) is 49.5. The van der Waals surface area contributed by atoms with Crippen LogP contribution in [0, 0.1) is 5.92 Å². The van der Waals surface area contributed by atoms with Crippen molar-refractivity contribution in [1.82, 2.24) is 20.9 Å². The van der Waals surface area contributed by atoms with E-state index in [1.54, 1.807) is 19.1 Å². The normalized spacial score (nSPS) is 18.2. The fraction of sp³-hybridized carbons (Fsp3) is 0.615. The number of likely N-dealkylation sites (tertiary alicyclic amines) is 1. The first-order chi connectivity index (χ1) is 18.2. The molecule has 12 nitrogen and oxygen atoms in total. The van der Waals surface area contributed by atoms with E-state index in [0.717, 1.165) is 24.8 Å². The number of likely N-dealkylation sites (N-methyl/N-ethyl adjacent to an activating group) is 1. The third kappa shape index (κ3) is 9.26. The molecule has 38 heavy (non-hydrogen) atoms. The molecular formula is C26H43N7O5.